The Hall–Kier alpha value is -1.79. The quantitative estimate of drug-likeness (QED) is 0.493. The number of rotatable bonds is 6. The van der Waals surface area contributed by atoms with Crippen LogP contribution < -0.4 is 5.32 Å². The highest BCUT2D eigenvalue weighted by atomic mass is 32.1. The first kappa shape index (κ1) is 12.7. The summed E-state index contributed by atoms with van der Waals surface area (Å²) < 4.78 is 0. The molecule has 0 saturated carbocycles. The highest BCUT2D eigenvalue weighted by Gasteiger charge is 2.03. The lowest BCUT2D eigenvalue weighted by atomic mass is 10.1. The minimum Gasteiger partial charge on any atom is -0.310 e. The van der Waals surface area contributed by atoms with E-state index in [9.17, 15) is 10.1 Å². The van der Waals surface area contributed by atoms with Crippen molar-refractivity contribution in [2.24, 2.45) is 0 Å². The number of nitrogens with zero attached hydrogens (tertiary/aromatic N) is 2. The molecule has 5 nitrogen and oxygen atoms in total. The van der Waals surface area contributed by atoms with Crippen molar-refractivity contribution in [1.29, 1.82) is 0 Å². The molecule has 0 atom stereocenters. The van der Waals surface area contributed by atoms with Crippen LogP contribution >= 0.6 is 11.3 Å². The average molecular weight is 263 g/mol. The molecule has 0 saturated heterocycles. The zero-order chi connectivity index (χ0) is 12.8. The van der Waals surface area contributed by atoms with Gasteiger partial charge in [-0.1, -0.05) is 12.1 Å². The van der Waals surface area contributed by atoms with E-state index in [1.807, 2.05) is 5.38 Å². The number of hydrogen-bond acceptors (Lipinski definition) is 5. The van der Waals surface area contributed by atoms with Crippen LogP contribution in [0.15, 0.2) is 35.8 Å². The van der Waals surface area contributed by atoms with Gasteiger partial charge < -0.3 is 5.32 Å². The molecular formula is C12H13N3O2S. The van der Waals surface area contributed by atoms with Gasteiger partial charge in [0.25, 0.3) is 5.69 Å². The summed E-state index contributed by atoms with van der Waals surface area (Å²) in [5.41, 5.74) is 1.22. The van der Waals surface area contributed by atoms with E-state index in [2.05, 4.69) is 10.3 Å². The Morgan fingerprint density at radius 2 is 2.11 bits per heavy atom. The van der Waals surface area contributed by atoms with Crippen LogP contribution in [0.4, 0.5) is 5.69 Å². The van der Waals surface area contributed by atoms with Gasteiger partial charge in [0, 0.05) is 30.3 Å². The van der Waals surface area contributed by atoms with Gasteiger partial charge in [-0.05, 0) is 18.5 Å². The Kier molecular flexibility index (Phi) is 4.38. The van der Waals surface area contributed by atoms with Crippen molar-refractivity contribution in [3.8, 4) is 0 Å². The molecule has 1 aromatic carbocycles. The average Bonchev–Trinajstić information content (AvgIpc) is 2.88. The number of nitro groups is 1. The molecule has 6 heteroatoms. The number of thiazole rings is 1. The largest absolute Gasteiger partial charge is 0.310 e. The van der Waals surface area contributed by atoms with Gasteiger partial charge in [-0.2, -0.15) is 0 Å². The van der Waals surface area contributed by atoms with Crippen molar-refractivity contribution in [2.45, 2.75) is 13.0 Å². The second kappa shape index (κ2) is 6.23. The molecular weight excluding hydrogens is 250 g/mol. The number of aromatic nitrogens is 1. The first-order chi connectivity index (χ1) is 8.75. The lowest BCUT2D eigenvalue weighted by Crippen LogP contribution is -2.16. The van der Waals surface area contributed by atoms with Gasteiger partial charge in [-0.3, -0.25) is 10.1 Å². The van der Waals surface area contributed by atoms with Crippen LogP contribution in [0.3, 0.4) is 0 Å². The molecule has 94 valence electrons. The van der Waals surface area contributed by atoms with E-state index >= 15 is 0 Å². The van der Waals surface area contributed by atoms with E-state index < -0.39 is 0 Å². The Labute approximate surface area is 109 Å². The minimum atomic E-state index is -0.384. The van der Waals surface area contributed by atoms with Gasteiger partial charge in [-0.25, -0.2) is 4.98 Å². The first-order valence-corrected chi connectivity index (χ1v) is 6.46. The Bertz CT molecular complexity index is 497. The molecule has 1 aromatic heterocycles. The van der Waals surface area contributed by atoms with Gasteiger partial charge >= 0.3 is 0 Å². The fourth-order valence-electron chi connectivity index (χ4n) is 1.55. The number of non-ortho nitro benzene ring substituents is 1. The second-order valence-corrected chi connectivity index (χ2v) is 4.76. The van der Waals surface area contributed by atoms with E-state index in [-0.39, 0.29) is 10.6 Å². The smallest absolute Gasteiger partial charge is 0.269 e. The van der Waals surface area contributed by atoms with Crippen LogP contribution in [0.1, 0.15) is 10.6 Å². The van der Waals surface area contributed by atoms with E-state index in [1.165, 1.54) is 12.1 Å². The van der Waals surface area contributed by atoms with Crippen LogP contribution in [0.2, 0.25) is 0 Å². The lowest BCUT2D eigenvalue weighted by molar-refractivity contribution is -0.384. The Balaban J connectivity index is 1.75. The minimum absolute atomic E-state index is 0.134. The summed E-state index contributed by atoms with van der Waals surface area (Å²) in [6.45, 7) is 1.60. The standard InChI is InChI=1S/C12H13N3O2S/c16-15(17)11-3-1-10(2-4-11)5-6-13-9-12-14-7-8-18-12/h1-4,7-8,13H,5-6,9H2. The number of nitro benzene ring substituents is 1. The topological polar surface area (TPSA) is 68.1 Å². The fourth-order valence-corrected chi connectivity index (χ4v) is 2.14. The summed E-state index contributed by atoms with van der Waals surface area (Å²) in [5, 5.41) is 16.8. The molecule has 0 fully saturated rings. The predicted octanol–water partition coefficient (Wildman–Crippen LogP) is 2.38. The molecule has 0 spiro atoms. The summed E-state index contributed by atoms with van der Waals surface area (Å²) >= 11 is 1.63. The SMILES string of the molecule is O=[N+]([O-])c1ccc(CCNCc2nccs2)cc1. The third kappa shape index (κ3) is 3.61. The summed E-state index contributed by atoms with van der Waals surface area (Å²) in [5.74, 6) is 0. The fraction of sp³-hybridized carbons (Fsp3) is 0.250. The van der Waals surface area contributed by atoms with Crippen molar-refractivity contribution >= 4 is 17.0 Å². The third-order valence-corrected chi connectivity index (χ3v) is 3.28. The van der Waals surface area contributed by atoms with Gasteiger partial charge in [0.1, 0.15) is 5.01 Å². The van der Waals surface area contributed by atoms with Crippen molar-refractivity contribution in [3.05, 3.63) is 56.5 Å². The van der Waals surface area contributed by atoms with E-state index in [0.717, 1.165) is 30.1 Å². The number of nitrogens with one attached hydrogen (secondary N) is 1. The number of hydrogen-bond donors (Lipinski definition) is 1. The van der Waals surface area contributed by atoms with E-state index in [0.29, 0.717) is 0 Å². The Morgan fingerprint density at radius 3 is 2.72 bits per heavy atom. The van der Waals surface area contributed by atoms with E-state index in [4.69, 9.17) is 0 Å². The molecule has 2 rings (SSSR count). The molecule has 18 heavy (non-hydrogen) atoms. The maximum atomic E-state index is 10.5. The predicted molar refractivity (Wildman–Crippen MR) is 70.6 cm³/mol. The maximum Gasteiger partial charge on any atom is 0.269 e. The molecule has 0 unspecified atom stereocenters. The highest BCUT2D eigenvalue weighted by Crippen LogP contribution is 2.12. The first-order valence-electron chi connectivity index (χ1n) is 5.58. The molecule has 0 amide bonds. The maximum absolute atomic E-state index is 10.5. The summed E-state index contributed by atoms with van der Waals surface area (Å²) in [6, 6.07) is 6.67. The van der Waals surface area contributed by atoms with Crippen molar-refractivity contribution < 1.29 is 4.92 Å². The van der Waals surface area contributed by atoms with Gasteiger partial charge in [0.15, 0.2) is 0 Å². The van der Waals surface area contributed by atoms with Gasteiger partial charge in [0.05, 0.1) is 4.92 Å². The van der Waals surface area contributed by atoms with Crippen LogP contribution in [-0.4, -0.2) is 16.5 Å². The summed E-state index contributed by atoms with van der Waals surface area (Å²) in [6.07, 6.45) is 2.64. The van der Waals surface area contributed by atoms with Crippen LogP contribution in [0.5, 0.6) is 0 Å². The molecule has 0 aliphatic rings. The molecule has 1 N–H and O–H groups in total. The van der Waals surface area contributed by atoms with Crippen molar-refractivity contribution in [3.63, 3.8) is 0 Å². The van der Waals surface area contributed by atoms with E-state index in [1.54, 1.807) is 29.7 Å². The highest BCUT2D eigenvalue weighted by molar-refractivity contribution is 7.09. The normalized spacial score (nSPS) is 10.4. The molecule has 0 bridgehead atoms. The molecule has 1 heterocycles. The van der Waals surface area contributed by atoms with Crippen LogP contribution in [0, 0.1) is 10.1 Å². The molecule has 0 radical (unpaired) electrons. The monoisotopic (exact) mass is 263 g/mol. The van der Waals surface area contributed by atoms with Crippen molar-refractivity contribution in [2.75, 3.05) is 6.54 Å². The molecule has 0 aliphatic heterocycles. The summed E-state index contributed by atoms with van der Waals surface area (Å²) in [7, 11) is 0. The molecule has 2 aromatic rings. The zero-order valence-corrected chi connectivity index (χ0v) is 10.5. The zero-order valence-electron chi connectivity index (χ0n) is 9.70. The third-order valence-electron chi connectivity index (χ3n) is 2.50. The van der Waals surface area contributed by atoms with Gasteiger partial charge in [-0.15, -0.1) is 11.3 Å². The molecule has 0 aliphatic carbocycles. The lowest BCUT2D eigenvalue weighted by Gasteiger charge is -2.02. The van der Waals surface area contributed by atoms with Gasteiger partial charge in [0.2, 0.25) is 0 Å². The van der Waals surface area contributed by atoms with Crippen molar-refractivity contribution in [1.82, 2.24) is 10.3 Å². The Morgan fingerprint density at radius 1 is 1.33 bits per heavy atom. The second-order valence-electron chi connectivity index (χ2n) is 3.78. The van der Waals surface area contributed by atoms with Crippen LogP contribution in [0.25, 0.3) is 0 Å². The summed E-state index contributed by atoms with van der Waals surface area (Å²) in [4.78, 5) is 14.3. The number of benzene rings is 1. The van der Waals surface area contributed by atoms with Crippen LogP contribution in [-0.2, 0) is 13.0 Å².